The first-order chi connectivity index (χ1) is 17.0. The Hall–Kier alpha value is -3.11. The second-order valence-corrected chi connectivity index (χ2v) is 9.57. The number of thioether (sulfide) groups is 1. The van der Waals surface area contributed by atoms with E-state index in [1.54, 1.807) is 0 Å². The molecule has 0 spiro atoms. The number of aromatic nitrogens is 1. The minimum Gasteiger partial charge on any atom is -0.354 e. The van der Waals surface area contributed by atoms with Gasteiger partial charge in [-0.25, -0.2) is 4.98 Å². The van der Waals surface area contributed by atoms with Crippen molar-refractivity contribution < 1.29 is 4.79 Å². The molecule has 1 aliphatic rings. The molecule has 1 aromatic carbocycles. The molecular formula is C26H33N7OS. The smallest absolute Gasteiger partial charge is 0.221 e. The van der Waals surface area contributed by atoms with E-state index in [1.165, 1.54) is 11.8 Å². The molecule has 1 fully saturated rings. The van der Waals surface area contributed by atoms with Gasteiger partial charge in [-0.15, -0.1) is 11.8 Å². The molecule has 35 heavy (non-hydrogen) atoms. The number of anilines is 1. The number of rotatable bonds is 9. The zero-order valence-corrected chi connectivity index (χ0v) is 21.3. The number of likely N-dealkylation sites (N-methyl/N-ethyl adjacent to an activating group) is 1. The van der Waals surface area contributed by atoms with Crippen molar-refractivity contribution >= 4 is 23.5 Å². The highest BCUT2D eigenvalue weighted by molar-refractivity contribution is 7.98. The van der Waals surface area contributed by atoms with Crippen LogP contribution in [-0.4, -0.2) is 55.6 Å². The number of hydrogen-bond donors (Lipinski definition) is 2. The van der Waals surface area contributed by atoms with Gasteiger partial charge in [0.15, 0.2) is 0 Å². The van der Waals surface area contributed by atoms with Gasteiger partial charge in [0.05, 0.1) is 11.1 Å². The molecule has 3 rings (SSSR count). The summed E-state index contributed by atoms with van der Waals surface area (Å²) in [5, 5.41) is 23.4. The van der Waals surface area contributed by atoms with Gasteiger partial charge in [-0.3, -0.25) is 4.79 Å². The molecule has 2 heterocycles. The standard InChI is InChI=1S/C26H33N7OS/c1-3-21-22(15-28)25(33-12-4-11-32(2)13-14-33)31-26(23(21)16-29)35-18-20-7-5-19(6-8-20)17-30-24(34)9-10-27/h5-8H,3-4,9-14,17-18,27H2,1-2H3,(H,30,34). The van der Waals surface area contributed by atoms with Crippen LogP contribution in [0.1, 0.15) is 47.6 Å². The molecule has 1 aliphatic heterocycles. The van der Waals surface area contributed by atoms with Gasteiger partial charge >= 0.3 is 0 Å². The number of carbonyl (C=O) groups is 1. The molecule has 0 radical (unpaired) electrons. The molecule has 184 valence electrons. The summed E-state index contributed by atoms with van der Waals surface area (Å²) in [4.78, 5) is 21.0. The van der Waals surface area contributed by atoms with Crippen molar-refractivity contribution in [3.63, 3.8) is 0 Å². The maximum absolute atomic E-state index is 11.6. The highest BCUT2D eigenvalue weighted by Gasteiger charge is 2.24. The Morgan fingerprint density at radius 3 is 2.49 bits per heavy atom. The average molecular weight is 492 g/mol. The Labute approximate surface area is 212 Å². The number of carbonyl (C=O) groups excluding carboxylic acids is 1. The number of nitrogens with zero attached hydrogens (tertiary/aromatic N) is 5. The molecule has 0 bridgehead atoms. The van der Waals surface area contributed by atoms with E-state index in [1.807, 2.05) is 31.2 Å². The van der Waals surface area contributed by atoms with Crippen LogP contribution in [-0.2, 0) is 23.5 Å². The van der Waals surface area contributed by atoms with E-state index >= 15 is 0 Å². The molecule has 0 unspecified atom stereocenters. The van der Waals surface area contributed by atoms with Gasteiger partial charge < -0.3 is 20.9 Å². The van der Waals surface area contributed by atoms with Gasteiger partial charge in [0, 0.05) is 44.9 Å². The van der Waals surface area contributed by atoms with Gasteiger partial charge in [-0.1, -0.05) is 31.2 Å². The predicted molar refractivity (Wildman–Crippen MR) is 139 cm³/mol. The summed E-state index contributed by atoms with van der Waals surface area (Å²) in [6.45, 7) is 6.37. The summed E-state index contributed by atoms with van der Waals surface area (Å²) < 4.78 is 0. The number of amides is 1. The van der Waals surface area contributed by atoms with Crippen LogP contribution >= 0.6 is 11.8 Å². The zero-order chi connectivity index (χ0) is 25.2. The van der Waals surface area contributed by atoms with Crippen LogP contribution in [0, 0.1) is 22.7 Å². The summed E-state index contributed by atoms with van der Waals surface area (Å²) in [7, 11) is 2.11. The summed E-state index contributed by atoms with van der Waals surface area (Å²) in [6.07, 6.45) is 1.93. The zero-order valence-electron chi connectivity index (χ0n) is 20.5. The van der Waals surface area contributed by atoms with Crippen molar-refractivity contribution in [1.29, 1.82) is 10.5 Å². The second kappa shape index (κ2) is 13.1. The van der Waals surface area contributed by atoms with E-state index in [2.05, 4.69) is 34.3 Å². The van der Waals surface area contributed by atoms with Gasteiger partial charge in [0.25, 0.3) is 0 Å². The minimum atomic E-state index is -0.0540. The molecule has 1 amide bonds. The fourth-order valence-electron chi connectivity index (χ4n) is 4.10. The van der Waals surface area contributed by atoms with Crippen LogP contribution in [0.25, 0.3) is 0 Å². The van der Waals surface area contributed by atoms with E-state index in [9.17, 15) is 15.3 Å². The van der Waals surface area contributed by atoms with Crippen LogP contribution < -0.4 is 16.0 Å². The van der Waals surface area contributed by atoms with Crippen molar-refractivity contribution in [3.05, 3.63) is 52.1 Å². The third-order valence-corrected chi connectivity index (χ3v) is 7.15. The first-order valence-corrected chi connectivity index (χ1v) is 13.0. The fraction of sp³-hybridized carbons (Fsp3) is 0.462. The van der Waals surface area contributed by atoms with E-state index in [0.29, 0.717) is 53.7 Å². The Morgan fingerprint density at radius 2 is 1.83 bits per heavy atom. The number of nitriles is 2. The largest absolute Gasteiger partial charge is 0.354 e. The number of hydrogen-bond acceptors (Lipinski definition) is 8. The molecule has 8 nitrogen and oxygen atoms in total. The molecular weight excluding hydrogens is 458 g/mol. The molecule has 0 saturated carbocycles. The monoisotopic (exact) mass is 491 g/mol. The van der Waals surface area contributed by atoms with Crippen molar-refractivity contribution in [2.24, 2.45) is 5.73 Å². The first kappa shape index (κ1) is 26.5. The van der Waals surface area contributed by atoms with Crippen LogP contribution in [0.4, 0.5) is 5.82 Å². The quantitative estimate of drug-likeness (QED) is 0.514. The van der Waals surface area contributed by atoms with Crippen molar-refractivity contribution in [3.8, 4) is 12.1 Å². The van der Waals surface area contributed by atoms with Crippen LogP contribution in [0.3, 0.4) is 0 Å². The number of benzene rings is 1. The number of nitrogens with two attached hydrogens (primary N) is 1. The molecule has 9 heteroatoms. The topological polar surface area (TPSA) is 122 Å². The van der Waals surface area contributed by atoms with Crippen LogP contribution in [0.5, 0.6) is 0 Å². The highest BCUT2D eigenvalue weighted by atomic mass is 32.2. The fourth-order valence-corrected chi connectivity index (χ4v) is 5.06. The summed E-state index contributed by atoms with van der Waals surface area (Å²) >= 11 is 1.52. The second-order valence-electron chi connectivity index (χ2n) is 8.61. The Balaban J connectivity index is 1.80. The maximum Gasteiger partial charge on any atom is 0.221 e. The molecule has 0 aliphatic carbocycles. The van der Waals surface area contributed by atoms with Gasteiger partial charge in [0.1, 0.15) is 23.0 Å². The minimum absolute atomic E-state index is 0.0540. The van der Waals surface area contributed by atoms with E-state index in [4.69, 9.17) is 10.7 Å². The van der Waals surface area contributed by atoms with Crippen molar-refractivity contribution in [1.82, 2.24) is 15.2 Å². The summed E-state index contributed by atoms with van der Waals surface area (Å²) in [5.74, 6) is 1.30. The van der Waals surface area contributed by atoms with Crippen molar-refractivity contribution in [2.75, 3.05) is 44.7 Å². The third-order valence-electron chi connectivity index (χ3n) is 6.10. The molecule has 2 aromatic rings. The lowest BCUT2D eigenvalue weighted by Crippen LogP contribution is -2.30. The molecule has 1 saturated heterocycles. The number of pyridine rings is 1. The maximum atomic E-state index is 11.6. The first-order valence-electron chi connectivity index (χ1n) is 12.0. The number of nitrogens with one attached hydrogen (secondary N) is 1. The molecule has 0 atom stereocenters. The van der Waals surface area contributed by atoms with E-state index in [0.717, 1.165) is 49.3 Å². The summed E-state index contributed by atoms with van der Waals surface area (Å²) in [6, 6.07) is 12.7. The van der Waals surface area contributed by atoms with E-state index in [-0.39, 0.29) is 5.91 Å². The average Bonchev–Trinajstić information content (AvgIpc) is 3.10. The normalized spacial score (nSPS) is 14.1. The van der Waals surface area contributed by atoms with Gasteiger partial charge in [0.2, 0.25) is 5.91 Å². The Morgan fingerprint density at radius 1 is 1.11 bits per heavy atom. The Kier molecular flexibility index (Phi) is 9.92. The third kappa shape index (κ3) is 6.95. The lowest BCUT2D eigenvalue weighted by atomic mass is 10.0. The summed E-state index contributed by atoms with van der Waals surface area (Å²) in [5.41, 5.74) is 9.33. The van der Waals surface area contributed by atoms with E-state index < -0.39 is 0 Å². The lowest BCUT2D eigenvalue weighted by Gasteiger charge is -2.25. The Bertz CT molecular complexity index is 1100. The SMILES string of the molecule is CCc1c(C#N)c(SCc2ccc(CNC(=O)CCN)cc2)nc(N2CCCN(C)CC2)c1C#N. The molecule has 3 N–H and O–H groups in total. The van der Waals surface area contributed by atoms with Crippen molar-refractivity contribution in [2.45, 2.75) is 43.5 Å². The highest BCUT2D eigenvalue weighted by Crippen LogP contribution is 2.33. The van der Waals surface area contributed by atoms with Gasteiger partial charge in [-0.2, -0.15) is 10.5 Å². The van der Waals surface area contributed by atoms with Crippen LogP contribution in [0.2, 0.25) is 0 Å². The lowest BCUT2D eigenvalue weighted by molar-refractivity contribution is -0.121. The molecule has 1 aromatic heterocycles. The van der Waals surface area contributed by atoms with Gasteiger partial charge in [-0.05, 0) is 43.1 Å². The van der Waals surface area contributed by atoms with Crippen LogP contribution in [0.15, 0.2) is 29.3 Å². The predicted octanol–water partition coefficient (Wildman–Crippen LogP) is 2.79.